The molecule has 0 saturated heterocycles. The zero-order valence-corrected chi connectivity index (χ0v) is 11.5. The van der Waals surface area contributed by atoms with Crippen LogP contribution < -0.4 is 16.4 Å². The van der Waals surface area contributed by atoms with E-state index in [9.17, 15) is 14.4 Å². The lowest BCUT2D eigenvalue weighted by molar-refractivity contribution is -0.118. The average Bonchev–Trinajstić information content (AvgIpc) is 2.44. The van der Waals surface area contributed by atoms with E-state index in [1.807, 2.05) is 0 Å². The Morgan fingerprint density at radius 3 is 2.67 bits per heavy atom. The Hall–Kier alpha value is -2.64. The maximum absolute atomic E-state index is 11.5. The van der Waals surface area contributed by atoms with Gasteiger partial charge in [-0.25, -0.2) is 9.59 Å². The van der Waals surface area contributed by atoms with Crippen LogP contribution in [0.25, 0.3) is 0 Å². The highest BCUT2D eigenvalue weighted by Crippen LogP contribution is 2.01. The number of primary amides is 1. The van der Waals surface area contributed by atoms with Gasteiger partial charge in [0.05, 0.1) is 17.8 Å². The number of carbonyl (C=O) groups is 3. The highest BCUT2D eigenvalue weighted by molar-refractivity contribution is 5.87. The molecule has 8 nitrogen and oxygen atoms in total. The molecule has 0 fully saturated rings. The first-order valence-corrected chi connectivity index (χ1v) is 6.47. The minimum atomic E-state index is -1.04. The van der Waals surface area contributed by atoms with E-state index in [4.69, 9.17) is 10.8 Å². The van der Waals surface area contributed by atoms with Gasteiger partial charge >= 0.3 is 12.0 Å². The lowest BCUT2D eigenvalue weighted by Gasteiger charge is -2.07. The first-order chi connectivity index (χ1) is 9.99. The van der Waals surface area contributed by atoms with Crippen molar-refractivity contribution in [2.24, 2.45) is 5.73 Å². The summed E-state index contributed by atoms with van der Waals surface area (Å²) in [6, 6.07) is 2.40. The number of nitrogens with two attached hydrogens (primary N) is 1. The maximum Gasteiger partial charge on any atom is 0.335 e. The molecule has 1 rings (SSSR count). The number of pyridine rings is 1. The second-order valence-electron chi connectivity index (χ2n) is 4.37. The van der Waals surface area contributed by atoms with Crippen molar-refractivity contribution in [2.45, 2.75) is 25.8 Å². The summed E-state index contributed by atoms with van der Waals surface area (Å²) in [7, 11) is 0. The number of nitrogens with zero attached hydrogens (tertiary/aromatic N) is 1. The van der Waals surface area contributed by atoms with Crippen molar-refractivity contribution >= 4 is 17.9 Å². The average molecular weight is 294 g/mol. The van der Waals surface area contributed by atoms with Crippen LogP contribution in [0.5, 0.6) is 0 Å². The molecule has 1 heterocycles. The Morgan fingerprint density at radius 2 is 2.00 bits per heavy atom. The van der Waals surface area contributed by atoms with Crippen LogP contribution in [0.15, 0.2) is 18.3 Å². The van der Waals surface area contributed by atoms with Gasteiger partial charge in [-0.2, -0.15) is 0 Å². The summed E-state index contributed by atoms with van der Waals surface area (Å²) in [6.45, 7) is 0.565. The summed E-state index contributed by atoms with van der Waals surface area (Å²) in [5.41, 5.74) is 5.57. The molecule has 3 amide bonds. The van der Waals surface area contributed by atoms with E-state index >= 15 is 0 Å². The highest BCUT2D eigenvalue weighted by Gasteiger charge is 2.05. The lowest BCUT2D eigenvalue weighted by atomic mass is 10.2. The maximum atomic E-state index is 11.5. The lowest BCUT2D eigenvalue weighted by Crippen LogP contribution is -2.35. The van der Waals surface area contributed by atoms with Gasteiger partial charge < -0.3 is 21.5 Å². The van der Waals surface area contributed by atoms with Crippen molar-refractivity contribution in [1.82, 2.24) is 15.6 Å². The molecule has 1 aromatic rings. The largest absolute Gasteiger partial charge is 0.478 e. The fourth-order valence-electron chi connectivity index (χ4n) is 1.57. The van der Waals surface area contributed by atoms with Crippen LogP contribution in [0.2, 0.25) is 0 Å². The normalized spacial score (nSPS) is 9.90. The number of carboxylic acid groups (broad SMARTS) is 1. The third kappa shape index (κ3) is 6.90. The second kappa shape index (κ2) is 8.51. The number of hydrogen-bond acceptors (Lipinski definition) is 4. The monoisotopic (exact) mass is 294 g/mol. The molecule has 0 bridgehead atoms. The fourth-order valence-corrected chi connectivity index (χ4v) is 1.57. The summed E-state index contributed by atoms with van der Waals surface area (Å²) in [4.78, 5) is 36.7. The molecule has 0 saturated carbocycles. The van der Waals surface area contributed by atoms with Gasteiger partial charge in [0.15, 0.2) is 0 Å². The fraction of sp³-hybridized carbons (Fsp3) is 0.385. The van der Waals surface area contributed by atoms with E-state index in [1.54, 1.807) is 0 Å². The van der Waals surface area contributed by atoms with Crippen molar-refractivity contribution in [3.05, 3.63) is 29.6 Å². The van der Waals surface area contributed by atoms with Gasteiger partial charge in [0.25, 0.3) is 0 Å². The molecule has 0 aliphatic rings. The van der Waals surface area contributed by atoms with Gasteiger partial charge in [-0.15, -0.1) is 0 Å². The van der Waals surface area contributed by atoms with Gasteiger partial charge in [0.2, 0.25) is 5.91 Å². The predicted molar refractivity (Wildman–Crippen MR) is 74.5 cm³/mol. The van der Waals surface area contributed by atoms with Crippen LogP contribution in [0.1, 0.15) is 35.3 Å². The summed E-state index contributed by atoms with van der Waals surface area (Å²) < 4.78 is 0. The summed E-state index contributed by atoms with van der Waals surface area (Å²) in [5, 5.41) is 14.0. The minimum Gasteiger partial charge on any atom is -0.478 e. The molecule has 0 aromatic carbocycles. The molecule has 5 N–H and O–H groups in total. The number of carboxylic acids is 1. The number of unbranched alkanes of at least 4 members (excludes halogenated alkanes) is 1. The number of nitrogens with one attached hydrogen (secondary N) is 2. The van der Waals surface area contributed by atoms with Crippen LogP contribution >= 0.6 is 0 Å². The molecule has 0 unspecified atom stereocenters. The smallest absolute Gasteiger partial charge is 0.335 e. The van der Waals surface area contributed by atoms with Gasteiger partial charge in [-0.3, -0.25) is 9.78 Å². The zero-order chi connectivity index (χ0) is 15.7. The zero-order valence-electron chi connectivity index (χ0n) is 11.5. The van der Waals surface area contributed by atoms with E-state index in [0.29, 0.717) is 31.5 Å². The Labute approximate surface area is 121 Å². The van der Waals surface area contributed by atoms with Crippen molar-refractivity contribution in [2.75, 3.05) is 6.54 Å². The molecule has 0 aliphatic carbocycles. The first-order valence-electron chi connectivity index (χ1n) is 6.47. The van der Waals surface area contributed by atoms with Gasteiger partial charge in [-0.05, 0) is 25.0 Å². The van der Waals surface area contributed by atoms with Crippen molar-refractivity contribution in [3.8, 4) is 0 Å². The Bertz CT molecular complexity index is 519. The van der Waals surface area contributed by atoms with E-state index in [0.717, 1.165) is 0 Å². The number of amides is 3. The van der Waals surface area contributed by atoms with Crippen molar-refractivity contribution < 1.29 is 19.5 Å². The molecule has 114 valence electrons. The third-order valence-corrected chi connectivity index (χ3v) is 2.63. The van der Waals surface area contributed by atoms with Crippen LogP contribution in [0.4, 0.5) is 4.79 Å². The van der Waals surface area contributed by atoms with E-state index < -0.39 is 5.97 Å². The van der Waals surface area contributed by atoms with Crippen LogP contribution in [0.3, 0.4) is 0 Å². The van der Waals surface area contributed by atoms with Crippen LogP contribution in [0, 0.1) is 0 Å². The molecule has 0 radical (unpaired) electrons. The number of urea groups is 1. The highest BCUT2D eigenvalue weighted by atomic mass is 16.4. The number of carbonyl (C=O) groups excluding carboxylic acids is 2. The quantitative estimate of drug-likeness (QED) is 0.509. The summed E-state index contributed by atoms with van der Waals surface area (Å²) >= 11 is 0. The van der Waals surface area contributed by atoms with Gasteiger partial charge in [0, 0.05) is 19.2 Å². The SMILES string of the molecule is NC(=O)CCCCNC(=O)NCc1cc(C(=O)O)ccn1. The number of aromatic carboxylic acids is 1. The molecule has 0 atom stereocenters. The topological polar surface area (TPSA) is 134 Å². The molecular weight excluding hydrogens is 276 g/mol. The van der Waals surface area contributed by atoms with Crippen LogP contribution in [-0.2, 0) is 11.3 Å². The molecular formula is C13H18N4O4. The first kappa shape index (κ1) is 16.4. The van der Waals surface area contributed by atoms with Gasteiger partial charge in [0.1, 0.15) is 0 Å². The molecule has 8 heteroatoms. The molecule has 1 aromatic heterocycles. The van der Waals surface area contributed by atoms with Crippen LogP contribution in [-0.4, -0.2) is 34.5 Å². The number of rotatable bonds is 8. The van der Waals surface area contributed by atoms with Crippen molar-refractivity contribution in [3.63, 3.8) is 0 Å². The van der Waals surface area contributed by atoms with E-state index in [1.165, 1.54) is 18.3 Å². The number of aromatic nitrogens is 1. The minimum absolute atomic E-state index is 0.119. The summed E-state index contributed by atoms with van der Waals surface area (Å²) in [5.74, 6) is -1.40. The number of hydrogen-bond donors (Lipinski definition) is 4. The molecule has 21 heavy (non-hydrogen) atoms. The predicted octanol–water partition coefficient (Wildman–Crippen LogP) is 0.235. The van der Waals surface area contributed by atoms with E-state index in [2.05, 4.69) is 15.6 Å². The molecule has 0 spiro atoms. The van der Waals surface area contributed by atoms with E-state index in [-0.39, 0.29) is 24.0 Å². The Balaban J connectivity index is 2.25. The van der Waals surface area contributed by atoms with Crippen molar-refractivity contribution in [1.29, 1.82) is 0 Å². The second-order valence-corrected chi connectivity index (χ2v) is 4.37. The summed E-state index contributed by atoms with van der Waals surface area (Å²) in [6.07, 6.45) is 2.96. The van der Waals surface area contributed by atoms with Gasteiger partial charge in [-0.1, -0.05) is 0 Å². The Kier molecular flexibility index (Phi) is 6.66. The third-order valence-electron chi connectivity index (χ3n) is 2.63. The Morgan fingerprint density at radius 1 is 1.24 bits per heavy atom. The standard InChI is InChI=1S/C13H18N4O4/c14-11(18)3-1-2-5-16-13(21)17-8-10-7-9(12(19)20)4-6-15-10/h4,6-7H,1-3,5,8H2,(H2,14,18)(H,19,20)(H2,16,17,21). The molecule has 0 aliphatic heterocycles.